The number of nitrogens with zero attached hydrogens (tertiary/aromatic N) is 2. The number of rotatable bonds is 8. The van der Waals surface area contributed by atoms with Gasteiger partial charge in [-0.1, -0.05) is 35.3 Å². The Hall–Kier alpha value is -1.96. The number of carbonyl (C=O) groups is 2. The van der Waals surface area contributed by atoms with Crippen LogP contribution in [0, 0.1) is 0 Å². The van der Waals surface area contributed by atoms with E-state index >= 15 is 0 Å². The lowest BCUT2D eigenvalue weighted by Gasteiger charge is -2.28. The molecule has 4 rings (SSSR count). The third kappa shape index (κ3) is 4.97. The highest BCUT2D eigenvalue weighted by molar-refractivity contribution is 7.09. The number of benzene rings is 1. The Labute approximate surface area is 182 Å². The van der Waals surface area contributed by atoms with Crippen molar-refractivity contribution < 1.29 is 19.1 Å². The van der Waals surface area contributed by atoms with Crippen molar-refractivity contribution >= 4 is 46.4 Å². The monoisotopic (exact) mass is 454 g/mol. The second-order valence-corrected chi connectivity index (χ2v) is 9.14. The minimum atomic E-state index is -1.16. The first kappa shape index (κ1) is 20.3. The number of thiophene rings is 1. The topological polar surface area (TPSA) is 59.1 Å². The van der Waals surface area contributed by atoms with Crippen molar-refractivity contribution in [2.75, 3.05) is 13.3 Å². The van der Waals surface area contributed by atoms with Crippen LogP contribution in [0.5, 0.6) is 11.5 Å². The van der Waals surface area contributed by atoms with Crippen LogP contribution in [0.3, 0.4) is 0 Å². The van der Waals surface area contributed by atoms with E-state index in [-0.39, 0.29) is 25.3 Å². The second kappa shape index (κ2) is 8.81. The number of ether oxygens (including phenoxy) is 2. The number of alkyl halides is 2. The average Bonchev–Trinajstić information content (AvgIpc) is 3.21. The maximum Gasteiger partial charge on any atom is 0.256 e. The maximum atomic E-state index is 13.2. The smallest absolute Gasteiger partial charge is 0.256 e. The molecular weight excluding hydrogens is 435 g/mol. The molecule has 0 spiro atoms. The zero-order valence-electron chi connectivity index (χ0n) is 15.6. The highest BCUT2D eigenvalue weighted by atomic mass is 35.5. The molecule has 0 saturated heterocycles. The van der Waals surface area contributed by atoms with Gasteiger partial charge in [-0.2, -0.15) is 0 Å². The Morgan fingerprint density at radius 1 is 1.14 bits per heavy atom. The molecule has 154 valence electrons. The first-order valence-electron chi connectivity index (χ1n) is 9.28. The summed E-state index contributed by atoms with van der Waals surface area (Å²) >= 11 is 13.2. The highest BCUT2D eigenvalue weighted by Crippen LogP contribution is 2.33. The molecule has 1 fully saturated rings. The summed E-state index contributed by atoms with van der Waals surface area (Å²) in [4.78, 5) is 28.7. The molecule has 1 aromatic carbocycles. The molecule has 0 radical (unpaired) electrons. The summed E-state index contributed by atoms with van der Waals surface area (Å²) in [7, 11) is 0. The second-order valence-electron chi connectivity index (χ2n) is 7.01. The number of halogens is 2. The number of fused-ring (bicyclic) bond motifs is 1. The Bertz CT molecular complexity index is 887. The van der Waals surface area contributed by atoms with Gasteiger partial charge in [-0.05, 0) is 42.0 Å². The molecule has 0 atom stereocenters. The minimum absolute atomic E-state index is 0.0324. The summed E-state index contributed by atoms with van der Waals surface area (Å²) in [6.07, 6.45) is 1.74. The Kier molecular flexibility index (Phi) is 6.18. The lowest BCUT2D eigenvalue weighted by atomic mass is 10.2. The minimum Gasteiger partial charge on any atom is -0.454 e. The van der Waals surface area contributed by atoms with Gasteiger partial charge >= 0.3 is 0 Å². The van der Waals surface area contributed by atoms with E-state index in [9.17, 15) is 9.59 Å². The average molecular weight is 455 g/mol. The lowest BCUT2D eigenvalue weighted by Crippen LogP contribution is -2.45. The van der Waals surface area contributed by atoms with Crippen LogP contribution in [0.25, 0.3) is 0 Å². The molecule has 0 unspecified atom stereocenters. The number of amides is 2. The van der Waals surface area contributed by atoms with Crippen LogP contribution < -0.4 is 9.47 Å². The highest BCUT2D eigenvalue weighted by Gasteiger charge is 2.36. The summed E-state index contributed by atoms with van der Waals surface area (Å²) in [6.45, 7) is 1.02. The van der Waals surface area contributed by atoms with E-state index in [0.717, 1.165) is 23.3 Å². The SMILES string of the molecule is O=C(CN(C(=O)C(Cl)Cl)C1CC1)N(Cc1ccc2c(c1)OCO2)Cc1cccs1. The lowest BCUT2D eigenvalue weighted by molar-refractivity contribution is -0.140. The van der Waals surface area contributed by atoms with Crippen molar-refractivity contribution in [3.8, 4) is 11.5 Å². The maximum absolute atomic E-state index is 13.2. The van der Waals surface area contributed by atoms with E-state index in [1.807, 2.05) is 35.7 Å². The summed E-state index contributed by atoms with van der Waals surface area (Å²) in [5, 5.41) is 1.98. The van der Waals surface area contributed by atoms with Crippen LogP contribution in [0.15, 0.2) is 35.7 Å². The molecule has 2 aliphatic rings. The van der Waals surface area contributed by atoms with Crippen molar-refractivity contribution in [1.82, 2.24) is 9.80 Å². The third-order valence-corrected chi connectivity index (χ3v) is 6.09. The molecular formula is C20H20Cl2N2O4S. The molecule has 1 saturated carbocycles. The largest absolute Gasteiger partial charge is 0.454 e. The molecule has 6 nitrogen and oxygen atoms in total. The molecule has 2 aromatic rings. The predicted molar refractivity (Wildman–Crippen MR) is 111 cm³/mol. The van der Waals surface area contributed by atoms with Gasteiger partial charge in [-0.3, -0.25) is 9.59 Å². The van der Waals surface area contributed by atoms with E-state index < -0.39 is 10.7 Å². The summed E-state index contributed by atoms with van der Waals surface area (Å²) in [5.41, 5.74) is 0.927. The van der Waals surface area contributed by atoms with Crippen molar-refractivity contribution in [1.29, 1.82) is 0 Å². The van der Waals surface area contributed by atoms with Crippen LogP contribution in [-0.2, 0) is 22.7 Å². The Balaban J connectivity index is 1.51. The molecule has 0 bridgehead atoms. The van der Waals surface area contributed by atoms with E-state index in [0.29, 0.717) is 24.6 Å². The molecule has 29 heavy (non-hydrogen) atoms. The zero-order valence-corrected chi connectivity index (χ0v) is 17.9. The van der Waals surface area contributed by atoms with Gasteiger partial charge in [0.15, 0.2) is 16.3 Å². The van der Waals surface area contributed by atoms with Crippen molar-refractivity contribution in [3.63, 3.8) is 0 Å². The van der Waals surface area contributed by atoms with E-state index in [4.69, 9.17) is 32.7 Å². The normalized spacial score (nSPS) is 14.9. The van der Waals surface area contributed by atoms with Crippen molar-refractivity contribution in [2.45, 2.75) is 36.8 Å². The first-order valence-corrected chi connectivity index (χ1v) is 11.0. The number of hydrogen-bond acceptors (Lipinski definition) is 5. The van der Waals surface area contributed by atoms with Gasteiger partial charge in [0.1, 0.15) is 6.54 Å². The zero-order chi connectivity index (χ0) is 20.4. The van der Waals surface area contributed by atoms with Crippen LogP contribution in [0.1, 0.15) is 23.3 Å². The Morgan fingerprint density at radius 2 is 1.93 bits per heavy atom. The van der Waals surface area contributed by atoms with Gasteiger partial charge in [0, 0.05) is 17.5 Å². The fraction of sp³-hybridized carbons (Fsp3) is 0.400. The predicted octanol–water partition coefficient (Wildman–Crippen LogP) is 3.80. The van der Waals surface area contributed by atoms with Gasteiger partial charge in [0.05, 0.1) is 6.54 Å². The van der Waals surface area contributed by atoms with Gasteiger partial charge in [0.2, 0.25) is 12.7 Å². The van der Waals surface area contributed by atoms with Crippen LogP contribution in [0.4, 0.5) is 0 Å². The van der Waals surface area contributed by atoms with E-state index in [1.54, 1.807) is 16.2 Å². The quantitative estimate of drug-likeness (QED) is 0.569. The number of hydrogen-bond donors (Lipinski definition) is 0. The Morgan fingerprint density at radius 3 is 2.62 bits per heavy atom. The molecule has 0 N–H and O–H groups in total. The fourth-order valence-corrected chi connectivity index (χ4v) is 4.20. The van der Waals surface area contributed by atoms with Crippen molar-refractivity contribution in [2.24, 2.45) is 0 Å². The first-order chi connectivity index (χ1) is 14.0. The molecule has 1 aliphatic carbocycles. The van der Waals surface area contributed by atoms with Gasteiger partial charge < -0.3 is 19.3 Å². The fourth-order valence-electron chi connectivity index (χ4n) is 3.23. The van der Waals surface area contributed by atoms with Gasteiger partial charge in [-0.25, -0.2) is 0 Å². The van der Waals surface area contributed by atoms with Crippen LogP contribution in [-0.4, -0.2) is 45.8 Å². The molecule has 1 aromatic heterocycles. The summed E-state index contributed by atoms with van der Waals surface area (Å²) in [6, 6.07) is 9.63. The van der Waals surface area contributed by atoms with Crippen molar-refractivity contribution in [3.05, 3.63) is 46.2 Å². The summed E-state index contributed by atoms with van der Waals surface area (Å²) in [5.74, 6) is 0.812. The molecule has 9 heteroatoms. The van der Waals surface area contributed by atoms with Crippen LogP contribution in [0.2, 0.25) is 0 Å². The van der Waals surface area contributed by atoms with Gasteiger partial charge in [-0.15, -0.1) is 11.3 Å². The summed E-state index contributed by atoms with van der Waals surface area (Å²) < 4.78 is 10.8. The molecule has 1 aliphatic heterocycles. The third-order valence-electron chi connectivity index (χ3n) is 4.85. The van der Waals surface area contributed by atoms with E-state index in [2.05, 4.69) is 0 Å². The van der Waals surface area contributed by atoms with Gasteiger partial charge in [0.25, 0.3) is 5.91 Å². The molecule has 2 heterocycles. The standard InChI is InChI=1S/C20H20Cl2N2O4S/c21-19(22)20(26)24(14-4-5-14)11-18(25)23(10-15-2-1-7-29-15)9-13-3-6-16-17(8-13)28-12-27-16/h1-3,6-8,14,19H,4-5,9-12H2. The van der Waals surface area contributed by atoms with Crippen LogP contribution >= 0.6 is 34.5 Å². The van der Waals surface area contributed by atoms with E-state index in [1.165, 1.54) is 4.90 Å². The molecule has 2 amide bonds. The number of carbonyl (C=O) groups excluding carboxylic acids is 2.